The standard InChI is InChI=1S/C27H40N4O5/c1-4-6-8-9-15-31(23(11-7-5-2)26(34)35-3)25(33)12-10-16-36-21-13-14-22-20(17-21)18-30-19-24(32)29-27(30)28-22/h13-14,17,23H,4-12,15-16,18-19H2,1-3H3,(H,28,29,32). The van der Waals surface area contributed by atoms with Gasteiger partial charge in [-0.25, -0.2) is 9.79 Å². The number of esters is 1. The van der Waals surface area contributed by atoms with Gasteiger partial charge < -0.3 is 19.3 Å². The number of aliphatic imine (C=N–C) groups is 1. The van der Waals surface area contributed by atoms with Crippen LogP contribution in [0.25, 0.3) is 0 Å². The first-order valence-corrected chi connectivity index (χ1v) is 13.2. The van der Waals surface area contributed by atoms with Gasteiger partial charge in [-0.2, -0.15) is 0 Å². The Hall–Kier alpha value is -3.10. The molecular formula is C27H40N4O5. The van der Waals surface area contributed by atoms with Crippen LogP contribution >= 0.6 is 0 Å². The van der Waals surface area contributed by atoms with E-state index in [2.05, 4.69) is 24.2 Å². The van der Waals surface area contributed by atoms with E-state index in [0.717, 1.165) is 49.8 Å². The summed E-state index contributed by atoms with van der Waals surface area (Å²) in [6, 6.07) is 5.16. The van der Waals surface area contributed by atoms with E-state index in [1.54, 1.807) is 4.90 Å². The van der Waals surface area contributed by atoms with E-state index < -0.39 is 6.04 Å². The first-order chi connectivity index (χ1) is 17.5. The number of hydrogen-bond acceptors (Lipinski definition) is 7. The molecule has 0 spiro atoms. The largest absolute Gasteiger partial charge is 0.494 e. The maximum absolute atomic E-state index is 13.2. The van der Waals surface area contributed by atoms with Gasteiger partial charge >= 0.3 is 5.97 Å². The van der Waals surface area contributed by atoms with Crippen molar-refractivity contribution in [3.8, 4) is 5.75 Å². The normalized spacial score (nSPS) is 14.9. The van der Waals surface area contributed by atoms with Gasteiger partial charge in [-0.1, -0.05) is 46.0 Å². The van der Waals surface area contributed by atoms with E-state index >= 15 is 0 Å². The molecule has 1 saturated heterocycles. The monoisotopic (exact) mass is 500 g/mol. The average Bonchev–Trinajstić information content (AvgIpc) is 3.24. The first kappa shape index (κ1) is 27.5. The Labute approximate surface area is 214 Å². The van der Waals surface area contributed by atoms with Crippen molar-refractivity contribution in [1.29, 1.82) is 0 Å². The van der Waals surface area contributed by atoms with Gasteiger partial charge in [-0.3, -0.25) is 14.9 Å². The zero-order valence-electron chi connectivity index (χ0n) is 21.9. The van der Waals surface area contributed by atoms with Crippen molar-refractivity contribution in [3.05, 3.63) is 23.8 Å². The summed E-state index contributed by atoms with van der Waals surface area (Å²) < 4.78 is 11.0. The Morgan fingerprint density at radius 3 is 2.67 bits per heavy atom. The molecule has 2 amide bonds. The zero-order valence-corrected chi connectivity index (χ0v) is 21.9. The Morgan fingerprint density at radius 1 is 1.11 bits per heavy atom. The van der Waals surface area contributed by atoms with Crippen LogP contribution in [0.4, 0.5) is 5.69 Å². The van der Waals surface area contributed by atoms with Crippen LogP contribution in [0.3, 0.4) is 0 Å². The number of methoxy groups -OCH3 is 1. The Kier molecular flexibility index (Phi) is 10.6. The van der Waals surface area contributed by atoms with Crippen LogP contribution in [-0.4, -0.2) is 66.4 Å². The molecule has 9 nitrogen and oxygen atoms in total. The number of fused-ring (bicyclic) bond motifs is 2. The number of carbonyl (C=O) groups is 3. The molecule has 9 heteroatoms. The first-order valence-electron chi connectivity index (χ1n) is 13.2. The number of hydrogen-bond donors (Lipinski definition) is 1. The Balaban J connectivity index is 1.54. The highest BCUT2D eigenvalue weighted by Crippen LogP contribution is 2.30. The van der Waals surface area contributed by atoms with Crippen LogP contribution in [0.5, 0.6) is 5.75 Å². The van der Waals surface area contributed by atoms with Gasteiger partial charge in [0, 0.05) is 25.1 Å². The highest BCUT2D eigenvalue weighted by Gasteiger charge is 2.30. The zero-order chi connectivity index (χ0) is 25.9. The topological polar surface area (TPSA) is 101 Å². The molecule has 1 fully saturated rings. The van der Waals surface area contributed by atoms with Gasteiger partial charge in [0.05, 0.1) is 19.4 Å². The summed E-state index contributed by atoms with van der Waals surface area (Å²) in [5, 5.41) is 2.76. The number of rotatable bonds is 15. The van der Waals surface area contributed by atoms with Crippen LogP contribution < -0.4 is 10.1 Å². The van der Waals surface area contributed by atoms with Crippen LogP contribution in [0.2, 0.25) is 0 Å². The lowest BCUT2D eigenvalue weighted by Crippen LogP contribution is -2.46. The van der Waals surface area contributed by atoms with Crippen LogP contribution in [0.1, 0.15) is 77.2 Å². The molecule has 0 aliphatic carbocycles. The smallest absolute Gasteiger partial charge is 0.328 e. The van der Waals surface area contributed by atoms with Crippen LogP contribution in [0, 0.1) is 0 Å². The van der Waals surface area contributed by atoms with Crippen molar-refractivity contribution in [2.75, 3.05) is 26.8 Å². The SMILES string of the molecule is CCCCCCN(C(=O)CCCOc1ccc2c(c1)CN1CC(=O)NC1=N2)C(CCCC)C(=O)OC. The van der Waals surface area contributed by atoms with E-state index in [1.807, 2.05) is 23.1 Å². The highest BCUT2D eigenvalue weighted by atomic mass is 16.5. The molecule has 1 aromatic carbocycles. The minimum absolute atomic E-state index is 0.0277. The quantitative estimate of drug-likeness (QED) is 0.289. The molecule has 1 N–H and O–H groups in total. The van der Waals surface area contributed by atoms with Crippen molar-refractivity contribution >= 4 is 29.4 Å². The van der Waals surface area contributed by atoms with Crippen molar-refractivity contribution in [2.45, 2.75) is 84.2 Å². The van der Waals surface area contributed by atoms with E-state index in [0.29, 0.717) is 57.2 Å². The lowest BCUT2D eigenvalue weighted by Gasteiger charge is -2.30. The second-order valence-corrected chi connectivity index (χ2v) is 9.41. The summed E-state index contributed by atoms with van der Waals surface area (Å²) in [5.41, 5.74) is 1.82. The van der Waals surface area contributed by atoms with Gasteiger partial charge in [-0.05, 0) is 37.5 Å². The van der Waals surface area contributed by atoms with Crippen molar-refractivity contribution in [2.24, 2.45) is 4.99 Å². The highest BCUT2D eigenvalue weighted by molar-refractivity contribution is 6.05. The average molecular weight is 501 g/mol. The molecule has 2 aliphatic rings. The van der Waals surface area contributed by atoms with Gasteiger partial charge in [0.2, 0.25) is 17.8 Å². The molecule has 2 aliphatic heterocycles. The van der Waals surface area contributed by atoms with Crippen LogP contribution in [-0.2, 0) is 25.7 Å². The number of benzene rings is 1. The fraction of sp³-hybridized carbons (Fsp3) is 0.630. The molecule has 2 heterocycles. The van der Waals surface area contributed by atoms with Gasteiger partial charge in [0.15, 0.2) is 0 Å². The van der Waals surface area contributed by atoms with Crippen molar-refractivity contribution in [3.63, 3.8) is 0 Å². The summed E-state index contributed by atoms with van der Waals surface area (Å²) in [7, 11) is 1.39. The molecule has 198 valence electrons. The predicted molar refractivity (Wildman–Crippen MR) is 138 cm³/mol. The molecule has 0 aromatic heterocycles. The molecule has 1 aromatic rings. The van der Waals surface area contributed by atoms with Gasteiger partial charge in [0.1, 0.15) is 18.3 Å². The number of nitrogens with one attached hydrogen (secondary N) is 1. The summed E-state index contributed by atoms with van der Waals surface area (Å²) in [6.45, 7) is 6.10. The maximum Gasteiger partial charge on any atom is 0.328 e. The summed E-state index contributed by atoms with van der Waals surface area (Å²) in [4.78, 5) is 45.4. The maximum atomic E-state index is 13.2. The number of nitrogens with zero attached hydrogens (tertiary/aromatic N) is 3. The second-order valence-electron chi connectivity index (χ2n) is 9.41. The fourth-order valence-electron chi connectivity index (χ4n) is 4.58. The molecule has 0 radical (unpaired) electrons. The number of amides is 2. The Bertz CT molecular complexity index is 948. The molecule has 1 atom stereocenters. The van der Waals surface area contributed by atoms with Crippen molar-refractivity contribution in [1.82, 2.24) is 15.1 Å². The molecular weight excluding hydrogens is 460 g/mol. The summed E-state index contributed by atoms with van der Waals surface area (Å²) in [5.74, 6) is 0.901. The second kappa shape index (κ2) is 13.8. The van der Waals surface area contributed by atoms with Gasteiger partial charge in [-0.15, -0.1) is 0 Å². The third-order valence-electron chi connectivity index (χ3n) is 6.58. The summed E-state index contributed by atoms with van der Waals surface area (Å²) >= 11 is 0. The van der Waals surface area contributed by atoms with Gasteiger partial charge in [0.25, 0.3) is 0 Å². The number of carbonyl (C=O) groups excluding carboxylic acids is 3. The number of guanidine groups is 1. The van der Waals surface area contributed by atoms with E-state index in [-0.39, 0.29) is 17.8 Å². The molecule has 36 heavy (non-hydrogen) atoms. The number of unbranched alkanes of at least 4 members (excludes halogenated alkanes) is 4. The fourth-order valence-corrected chi connectivity index (χ4v) is 4.58. The van der Waals surface area contributed by atoms with E-state index in [9.17, 15) is 14.4 Å². The molecule has 1 unspecified atom stereocenters. The third-order valence-corrected chi connectivity index (χ3v) is 6.58. The lowest BCUT2D eigenvalue weighted by molar-refractivity contribution is -0.153. The minimum Gasteiger partial charge on any atom is -0.494 e. The molecule has 0 bridgehead atoms. The minimum atomic E-state index is -0.525. The Morgan fingerprint density at radius 2 is 1.92 bits per heavy atom. The van der Waals surface area contributed by atoms with Crippen molar-refractivity contribution < 1.29 is 23.9 Å². The van der Waals surface area contributed by atoms with Crippen LogP contribution in [0.15, 0.2) is 23.2 Å². The van der Waals surface area contributed by atoms with E-state index in [1.165, 1.54) is 7.11 Å². The summed E-state index contributed by atoms with van der Waals surface area (Å²) in [6.07, 6.45) is 7.46. The number of ether oxygens (including phenoxy) is 2. The molecule has 0 saturated carbocycles. The third kappa shape index (κ3) is 7.45. The molecule has 3 rings (SSSR count). The predicted octanol–water partition coefficient (Wildman–Crippen LogP) is 3.92. The van der Waals surface area contributed by atoms with E-state index in [4.69, 9.17) is 9.47 Å². The lowest BCUT2D eigenvalue weighted by atomic mass is 10.1.